The van der Waals surface area contributed by atoms with Crippen molar-refractivity contribution in [1.29, 1.82) is 0 Å². The van der Waals surface area contributed by atoms with Gasteiger partial charge in [0, 0.05) is 6.42 Å². The summed E-state index contributed by atoms with van der Waals surface area (Å²) in [6.07, 6.45) is 0.638. The molecule has 1 aromatic rings. The van der Waals surface area contributed by atoms with Crippen LogP contribution in [-0.4, -0.2) is 20.4 Å². The van der Waals surface area contributed by atoms with Gasteiger partial charge < -0.3 is 0 Å². The summed E-state index contributed by atoms with van der Waals surface area (Å²) < 4.78 is 0.301. The lowest BCUT2D eigenvalue weighted by atomic mass is 10.2. The summed E-state index contributed by atoms with van der Waals surface area (Å²) in [5.41, 5.74) is 0.998. The predicted octanol–water partition coefficient (Wildman–Crippen LogP) is 1.05. The Bertz CT molecular complexity index is 296. The van der Waals surface area contributed by atoms with Crippen LogP contribution in [0.3, 0.4) is 0 Å². The standard InChI is InChI=1S/C6H8N4S/c1-4(2)3-5-7-9-6(11)10-8-5/h1,3H2,2H3,(H,9,10,11). The lowest BCUT2D eigenvalue weighted by Gasteiger charge is -1.94. The van der Waals surface area contributed by atoms with Crippen LogP contribution < -0.4 is 0 Å². The third-order valence-corrected chi connectivity index (χ3v) is 1.17. The first-order chi connectivity index (χ1) is 5.18. The summed E-state index contributed by atoms with van der Waals surface area (Å²) in [7, 11) is 0. The number of nitrogens with zero attached hydrogens (tertiary/aromatic N) is 3. The van der Waals surface area contributed by atoms with Crippen LogP contribution >= 0.6 is 12.2 Å². The van der Waals surface area contributed by atoms with E-state index in [2.05, 4.69) is 39.2 Å². The molecule has 11 heavy (non-hydrogen) atoms. The van der Waals surface area contributed by atoms with Gasteiger partial charge in [0.1, 0.15) is 0 Å². The highest BCUT2D eigenvalue weighted by Crippen LogP contribution is 1.95. The van der Waals surface area contributed by atoms with Crippen LogP contribution in [0.1, 0.15) is 12.7 Å². The van der Waals surface area contributed by atoms with Gasteiger partial charge in [-0.2, -0.15) is 5.10 Å². The smallest absolute Gasteiger partial charge is 0.234 e. The van der Waals surface area contributed by atoms with Crippen molar-refractivity contribution in [1.82, 2.24) is 20.4 Å². The molecule has 0 unspecified atom stereocenters. The first-order valence-electron chi connectivity index (χ1n) is 3.11. The molecule has 0 amide bonds. The Balaban J connectivity index is 2.82. The van der Waals surface area contributed by atoms with Crippen LogP contribution in [-0.2, 0) is 6.42 Å². The van der Waals surface area contributed by atoms with Gasteiger partial charge in [0.05, 0.1) is 0 Å². The van der Waals surface area contributed by atoms with Crippen molar-refractivity contribution in [3.05, 3.63) is 22.7 Å². The van der Waals surface area contributed by atoms with Crippen LogP contribution in [0.4, 0.5) is 0 Å². The topological polar surface area (TPSA) is 54.5 Å². The molecular weight excluding hydrogens is 160 g/mol. The molecule has 0 aliphatic carbocycles. The van der Waals surface area contributed by atoms with Gasteiger partial charge >= 0.3 is 0 Å². The number of rotatable bonds is 2. The maximum Gasteiger partial charge on any atom is 0.234 e. The zero-order chi connectivity index (χ0) is 8.27. The molecule has 0 fully saturated rings. The number of aromatic amines is 1. The van der Waals surface area contributed by atoms with Crippen molar-refractivity contribution in [3.8, 4) is 0 Å². The second-order valence-electron chi connectivity index (χ2n) is 2.28. The lowest BCUT2D eigenvalue weighted by Crippen LogP contribution is -2.00. The van der Waals surface area contributed by atoms with Gasteiger partial charge in [0.25, 0.3) is 0 Å². The molecule has 1 N–H and O–H groups in total. The van der Waals surface area contributed by atoms with Crippen molar-refractivity contribution in [2.45, 2.75) is 13.3 Å². The molecule has 0 aromatic carbocycles. The van der Waals surface area contributed by atoms with Crippen molar-refractivity contribution < 1.29 is 0 Å². The van der Waals surface area contributed by atoms with Crippen LogP contribution in [0.5, 0.6) is 0 Å². The number of hydrogen-bond acceptors (Lipinski definition) is 4. The third kappa shape index (κ3) is 2.55. The minimum atomic E-state index is 0.301. The van der Waals surface area contributed by atoms with Gasteiger partial charge in [0.15, 0.2) is 5.82 Å². The Labute approximate surface area is 69.4 Å². The quantitative estimate of drug-likeness (QED) is 0.529. The molecule has 1 aromatic heterocycles. The Morgan fingerprint density at radius 1 is 1.64 bits per heavy atom. The van der Waals surface area contributed by atoms with Gasteiger partial charge in [-0.25, -0.2) is 5.10 Å². The molecule has 0 atom stereocenters. The minimum Gasteiger partial charge on any atom is -0.249 e. The van der Waals surface area contributed by atoms with E-state index in [1.54, 1.807) is 0 Å². The number of hydrogen-bond donors (Lipinski definition) is 1. The number of H-pyrrole nitrogens is 1. The van der Waals surface area contributed by atoms with Gasteiger partial charge in [0.2, 0.25) is 4.77 Å². The molecule has 1 rings (SSSR count). The average molecular weight is 168 g/mol. The van der Waals surface area contributed by atoms with E-state index in [0.717, 1.165) is 5.57 Å². The molecule has 0 bridgehead atoms. The van der Waals surface area contributed by atoms with E-state index < -0.39 is 0 Å². The normalized spacial score (nSPS) is 9.55. The zero-order valence-corrected chi connectivity index (χ0v) is 6.98. The Morgan fingerprint density at radius 3 is 2.82 bits per heavy atom. The summed E-state index contributed by atoms with van der Waals surface area (Å²) in [5.74, 6) is 0.617. The van der Waals surface area contributed by atoms with Crippen molar-refractivity contribution in [2.24, 2.45) is 0 Å². The van der Waals surface area contributed by atoms with Crippen molar-refractivity contribution in [2.75, 3.05) is 0 Å². The fourth-order valence-corrected chi connectivity index (χ4v) is 0.691. The number of allylic oxidation sites excluding steroid dienone is 1. The average Bonchev–Trinajstić information content (AvgIpc) is 1.93. The van der Waals surface area contributed by atoms with Crippen LogP contribution in [0.15, 0.2) is 12.2 Å². The zero-order valence-electron chi connectivity index (χ0n) is 6.16. The molecule has 0 radical (unpaired) electrons. The summed E-state index contributed by atoms with van der Waals surface area (Å²) in [5, 5.41) is 13.8. The molecule has 0 aliphatic heterocycles. The first-order valence-corrected chi connectivity index (χ1v) is 3.52. The fraction of sp³-hybridized carbons (Fsp3) is 0.333. The van der Waals surface area contributed by atoms with Crippen LogP contribution in [0, 0.1) is 4.77 Å². The van der Waals surface area contributed by atoms with Gasteiger partial charge in [-0.15, -0.1) is 10.2 Å². The molecule has 0 saturated carbocycles. The summed E-state index contributed by atoms with van der Waals surface area (Å²) in [4.78, 5) is 0. The minimum absolute atomic E-state index is 0.301. The first kappa shape index (κ1) is 8.00. The maximum atomic E-state index is 4.67. The number of aromatic nitrogens is 4. The summed E-state index contributed by atoms with van der Waals surface area (Å²) in [6.45, 7) is 5.63. The van der Waals surface area contributed by atoms with Crippen molar-refractivity contribution >= 4 is 12.2 Å². The molecule has 0 saturated heterocycles. The highest BCUT2D eigenvalue weighted by atomic mass is 32.1. The van der Waals surface area contributed by atoms with E-state index in [0.29, 0.717) is 17.0 Å². The number of nitrogens with one attached hydrogen (secondary N) is 1. The van der Waals surface area contributed by atoms with Gasteiger partial charge in [-0.3, -0.25) is 0 Å². The molecule has 5 heteroatoms. The molecule has 4 nitrogen and oxygen atoms in total. The van der Waals surface area contributed by atoms with Gasteiger partial charge in [-0.05, 0) is 19.1 Å². The van der Waals surface area contributed by atoms with Crippen molar-refractivity contribution in [3.63, 3.8) is 0 Å². The largest absolute Gasteiger partial charge is 0.249 e. The molecular formula is C6H8N4S. The Hall–Kier alpha value is -1.10. The van der Waals surface area contributed by atoms with E-state index >= 15 is 0 Å². The Kier molecular flexibility index (Phi) is 2.43. The monoisotopic (exact) mass is 168 g/mol. The Morgan fingerprint density at radius 2 is 2.36 bits per heavy atom. The fourth-order valence-electron chi connectivity index (χ4n) is 0.605. The second-order valence-corrected chi connectivity index (χ2v) is 2.67. The van der Waals surface area contributed by atoms with E-state index in [1.165, 1.54) is 0 Å². The van der Waals surface area contributed by atoms with E-state index in [4.69, 9.17) is 0 Å². The molecule has 58 valence electrons. The van der Waals surface area contributed by atoms with E-state index in [1.807, 2.05) is 6.92 Å². The maximum absolute atomic E-state index is 4.67. The SMILES string of the molecule is C=C(C)Cc1nnc(=S)[nH]n1. The highest BCUT2D eigenvalue weighted by Gasteiger charge is 1.95. The molecule has 0 spiro atoms. The highest BCUT2D eigenvalue weighted by molar-refractivity contribution is 7.71. The summed E-state index contributed by atoms with van der Waals surface area (Å²) in [6, 6.07) is 0. The van der Waals surface area contributed by atoms with E-state index in [9.17, 15) is 0 Å². The third-order valence-electron chi connectivity index (χ3n) is 0.997. The lowest BCUT2D eigenvalue weighted by molar-refractivity contribution is 0.762. The van der Waals surface area contributed by atoms with Gasteiger partial charge in [-0.1, -0.05) is 12.2 Å². The van der Waals surface area contributed by atoms with E-state index in [-0.39, 0.29) is 0 Å². The molecule has 1 heterocycles. The summed E-state index contributed by atoms with van der Waals surface area (Å²) >= 11 is 4.67. The predicted molar refractivity (Wildman–Crippen MR) is 43.5 cm³/mol. The second kappa shape index (κ2) is 3.34. The van der Waals surface area contributed by atoms with Crippen LogP contribution in [0.2, 0.25) is 0 Å². The molecule has 0 aliphatic rings. The van der Waals surface area contributed by atoms with Crippen LogP contribution in [0.25, 0.3) is 0 Å².